The Morgan fingerprint density at radius 1 is 1.73 bits per heavy atom. The third kappa shape index (κ3) is 2.31. The van der Waals surface area contributed by atoms with E-state index in [2.05, 4.69) is 15.9 Å². The van der Waals surface area contributed by atoms with Gasteiger partial charge in [0.1, 0.15) is 4.48 Å². The number of halogens is 1. The first-order valence-electron chi connectivity index (χ1n) is 3.33. The summed E-state index contributed by atoms with van der Waals surface area (Å²) in [4.78, 5) is 10.7. The van der Waals surface area contributed by atoms with E-state index in [-0.39, 0.29) is 12.1 Å². The van der Waals surface area contributed by atoms with Crippen molar-refractivity contribution in [3.63, 3.8) is 0 Å². The Labute approximate surface area is 73.5 Å². The van der Waals surface area contributed by atoms with E-state index in [0.717, 1.165) is 0 Å². The molecule has 0 aromatic heterocycles. The summed E-state index contributed by atoms with van der Waals surface area (Å²) in [6.45, 7) is 3.77. The van der Waals surface area contributed by atoms with Crippen molar-refractivity contribution in [1.29, 1.82) is 0 Å². The predicted octanol–water partition coefficient (Wildman–Crippen LogP) is 1.57. The standard InChI is InChI=1S/C7H9BrO3/c1-4(2)10-6-3-5(8)7(9)11-6/h3-4,6H,1-2H3. The molecular weight excluding hydrogens is 212 g/mol. The summed E-state index contributed by atoms with van der Waals surface area (Å²) in [6.07, 6.45) is 1.14. The zero-order valence-electron chi connectivity index (χ0n) is 6.33. The van der Waals surface area contributed by atoms with Crippen LogP contribution in [0.3, 0.4) is 0 Å². The van der Waals surface area contributed by atoms with Crippen molar-refractivity contribution in [2.45, 2.75) is 26.2 Å². The summed E-state index contributed by atoms with van der Waals surface area (Å²) in [7, 11) is 0. The maximum absolute atomic E-state index is 10.7. The Kier molecular flexibility index (Phi) is 2.67. The molecular formula is C7H9BrO3. The Hall–Kier alpha value is -0.350. The molecule has 1 atom stereocenters. The number of ether oxygens (including phenoxy) is 2. The number of cyclic esters (lactones) is 1. The quantitative estimate of drug-likeness (QED) is 0.664. The maximum Gasteiger partial charge on any atom is 0.347 e. The van der Waals surface area contributed by atoms with Crippen LogP contribution in [-0.2, 0) is 14.3 Å². The number of rotatable bonds is 2. The molecule has 62 valence electrons. The van der Waals surface area contributed by atoms with Crippen LogP contribution in [0.15, 0.2) is 10.6 Å². The van der Waals surface area contributed by atoms with Gasteiger partial charge in [-0.05, 0) is 29.8 Å². The molecule has 0 radical (unpaired) electrons. The molecule has 0 aliphatic carbocycles. The molecule has 1 rings (SSSR count). The monoisotopic (exact) mass is 220 g/mol. The third-order valence-corrected chi connectivity index (χ3v) is 1.69. The van der Waals surface area contributed by atoms with E-state index in [1.807, 2.05) is 13.8 Å². The van der Waals surface area contributed by atoms with Gasteiger partial charge in [0.2, 0.25) is 6.29 Å². The highest BCUT2D eigenvalue weighted by molar-refractivity contribution is 9.12. The fourth-order valence-corrected chi connectivity index (χ4v) is 1.03. The van der Waals surface area contributed by atoms with Crippen molar-refractivity contribution in [2.75, 3.05) is 0 Å². The number of carbonyl (C=O) groups excluding carboxylic acids is 1. The normalized spacial score (nSPS) is 23.8. The van der Waals surface area contributed by atoms with E-state index < -0.39 is 6.29 Å². The summed E-state index contributed by atoms with van der Waals surface area (Å²) >= 11 is 3.04. The minimum Gasteiger partial charge on any atom is -0.428 e. The Bertz CT molecular complexity index is 198. The molecule has 0 saturated carbocycles. The van der Waals surface area contributed by atoms with Crippen LogP contribution < -0.4 is 0 Å². The van der Waals surface area contributed by atoms with Crippen LogP contribution in [-0.4, -0.2) is 18.4 Å². The number of hydrogen-bond donors (Lipinski definition) is 0. The molecule has 1 heterocycles. The first-order chi connectivity index (χ1) is 5.09. The van der Waals surface area contributed by atoms with Crippen molar-refractivity contribution < 1.29 is 14.3 Å². The van der Waals surface area contributed by atoms with Crippen molar-refractivity contribution >= 4 is 21.9 Å². The molecule has 1 aliphatic rings. The molecule has 0 saturated heterocycles. The van der Waals surface area contributed by atoms with Crippen molar-refractivity contribution in [1.82, 2.24) is 0 Å². The van der Waals surface area contributed by atoms with Crippen LogP contribution in [0.2, 0.25) is 0 Å². The highest BCUT2D eigenvalue weighted by atomic mass is 79.9. The van der Waals surface area contributed by atoms with E-state index in [1.165, 1.54) is 0 Å². The van der Waals surface area contributed by atoms with Crippen molar-refractivity contribution in [3.8, 4) is 0 Å². The summed E-state index contributed by atoms with van der Waals surface area (Å²) in [5, 5.41) is 0. The molecule has 11 heavy (non-hydrogen) atoms. The molecule has 1 aliphatic heterocycles. The van der Waals surface area contributed by atoms with Gasteiger partial charge in [-0.3, -0.25) is 0 Å². The maximum atomic E-state index is 10.7. The highest BCUT2D eigenvalue weighted by Gasteiger charge is 2.24. The fourth-order valence-electron chi connectivity index (χ4n) is 0.719. The fraction of sp³-hybridized carbons (Fsp3) is 0.571. The van der Waals surface area contributed by atoms with Gasteiger partial charge in [0.05, 0.1) is 6.10 Å². The van der Waals surface area contributed by atoms with Gasteiger partial charge < -0.3 is 9.47 Å². The number of carbonyl (C=O) groups is 1. The number of esters is 1. The summed E-state index contributed by atoms with van der Waals surface area (Å²) in [6, 6.07) is 0. The molecule has 1 unspecified atom stereocenters. The van der Waals surface area contributed by atoms with Gasteiger partial charge in [-0.1, -0.05) is 0 Å². The van der Waals surface area contributed by atoms with Crippen molar-refractivity contribution in [3.05, 3.63) is 10.6 Å². The summed E-state index contributed by atoms with van der Waals surface area (Å²) < 4.78 is 10.4. The van der Waals surface area contributed by atoms with Crippen LogP contribution in [0.1, 0.15) is 13.8 Å². The molecule has 0 N–H and O–H groups in total. The van der Waals surface area contributed by atoms with Gasteiger partial charge >= 0.3 is 5.97 Å². The molecule has 0 fully saturated rings. The van der Waals surface area contributed by atoms with Gasteiger partial charge in [-0.25, -0.2) is 4.79 Å². The largest absolute Gasteiger partial charge is 0.428 e. The molecule has 3 nitrogen and oxygen atoms in total. The topological polar surface area (TPSA) is 35.5 Å². The smallest absolute Gasteiger partial charge is 0.347 e. The van der Waals surface area contributed by atoms with Crippen LogP contribution in [0.25, 0.3) is 0 Å². The van der Waals surface area contributed by atoms with Gasteiger partial charge in [0.15, 0.2) is 0 Å². The van der Waals surface area contributed by atoms with Gasteiger partial charge in [-0.15, -0.1) is 0 Å². The minimum atomic E-state index is -0.517. The Morgan fingerprint density at radius 3 is 2.73 bits per heavy atom. The zero-order chi connectivity index (χ0) is 8.43. The number of hydrogen-bond acceptors (Lipinski definition) is 3. The Balaban J connectivity index is 2.47. The molecule has 0 bridgehead atoms. The first-order valence-corrected chi connectivity index (χ1v) is 4.12. The van der Waals surface area contributed by atoms with Crippen LogP contribution in [0.5, 0.6) is 0 Å². The lowest BCUT2D eigenvalue weighted by Gasteiger charge is -2.11. The molecule has 4 heteroatoms. The summed E-state index contributed by atoms with van der Waals surface area (Å²) in [5.74, 6) is -0.365. The third-order valence-electron chi connectivity index (χ3n) is 1.11. The van der Waals surface area contributed by atoms with Crippen LogP contribution in [0, 0.1) is 0 Å². The van der Waals surface area contributed by atoms with E-state index in [9.17, 15) is 4.79 Å². The average Bonchev–Trinajstić information content (AvgIpc) is 2.10. The van der Waals surface area contributed by atoms with Crippen LogP contribution in [0.4, 0.5) is 0 Å². The first kappa shape index (κ1) is 8.74. The lowest BCUT2D eigenvalue weighted by molar-refractivity contribution is -0.163. The lowest BCUT2D eigenvalue weighted by Crippen LogP contribution is -2.16. The van der Waals surface area contributed by atoms with Crippen molar-refractivity contribution in [2.24, 2.45) is 0 Å². The molecule has 0 aromatic rings. The average molecular weight is 221 g/mol. The molecule has 0 aromatic carbocycles. The predicted molar refractivity (Wildman–Crippen MR) is 43.1 cm³/mol. The zero-order valence-corrected chi connectivity index (χ0v) is 7.92. The van der Waals surface area contributed by atoms with Gasteiger partial charge in [0, 0.05) is 6.08 Å². The SMILES string of the molecule is CC(C)OC1C=C(Br)C(=O)O1. The highest BCUT2D eigenvalue weighted by Crippen LogP contribution is 2.20. The Morgan fingerprint density at radius 2 is 2.36 bits per heavy atom. The van der Waals surface area contributed by atoms with Gasteiger partial charge in [-0.2, -0.15) is 0 Å². The molecule has 0 amide bonds. The molecule has 0 spiro atoms. The summed E-state index contributed by atoms with van der Waals surface area (Å²) in [5.41, 5.74) is 0. The second-order valence-corrected chi connectivity index (χ2v) is 3.33. The van der Waals surface area contributed by atoms with E-state index >= 15 is 0 Å². The lowest BCUT2D eigenvalue weighted by atomic mass is 10.4. The minimum absolute atomic E-state index is 0.0578. The van der Waals surface area contributed by atoms with E-state index in [4.69, 9.17) is 9.47 Å². The van der Waals surface area contributed by atoms with Crippen LogP contribution >= 0.6 is 15.9 Å². The van der Waals surface area contributed by atoms with E-state index in [0.29, 0.717) is 4.48 Å². The second-order valence-electron chi connectivity index (χ2n) is 2.47. The van der Waals surface area contributed by atoms with E-state index in [1.54, 1.807) is 6.08 Å². The van der Waals surface area contributed by atoms with Gasteiger partial charge in [0.25, 0.3) is 0 Å². The second kappa shape index (κ2) is 3.36.